The van der Waals surface area contributed by atoms with Crippen molar-refractivity contribution in [1.29, 1.82) is 5.26 Å². The second-order valence-corrected chi connectivity index (χ2v) is 9.08. The summed E-state index contributed by atoms with van der Waals surface area (Å²) in [4.78, 5) is 40.0. The van der Waals surface area contributed by atoms with Crippen molar-refractivity contribution in [2.45, 2.75) is 30.6 Å². The van der Waals surface area contributed by atoms with E-state index in [-0.39, 0.29) is 16.7 Å². The van der Waals surface area contributed by atoms with Gasteiger partial charge in [0.1, 0.15) is 22.8 Å². The van der Waals surface area contributed by atoms with Crippen LogP contribution in [0.5, 0.6) is 5.75 Å². The van der Waals surface area contributed by atoms with Gasteiger partial charge in [-0.25, -0.2) is 0 Å². The zero-order valence-corrected chi connectivity index (χ0v) is 18.5. The van der Waals surface area contributed by atoms with Gasteiger partial charge in [-0.05, 0) is 37.7 Å². The number of aromatic hydroxyl groups is 1. The number of Topliss-reactive ketones (excluding diaryl/α,β-unsaturated/α-hetero) is 2. The number of likely N-dealkylation sites (N-methyl/N-ethyl adjacent to an activating group) is 1. The Bertz CT molecular complexity index is 1270. The highest BCUT2D eigenvalue weighted by atomic mass is 16.4. The number of carbonyl (C=O) groups is 3. The summed E-state index contributed by atoms with van der Waals surface area (Å²) >= 11 is 0. The number of aliphatic hydroxyl groups is 4. The van der Waals surface area contributed by atoms with Crippen molar-refractivity contribution in [3.63, 3.8) is 0 Å². The van der Waals surface area contributed by atoms with Gasteiger partial charge in [0, 0.05) is 11.5 Å². The average Bonchev–Trinajstić information content (AvgIpc) is 2.75. The maximum atomic E-state index is 13.5. The number of nitrogens with two attached hydrogens (primary N) is 1. The number of nitrogens with zero attached hydrogens (tertiary/aromatic N) is 2. The number of phenols is 1. The van der Waals surface area contributed by atoms with Crippen LogP contribution in [-0.2, 0) is 9.59 Å². The van der Waals surface area contributed by atoms with Crippen LogP contribution < -0.4 is 5.73 Å². The van der Waals surface area contributed by atoms with Crippen molar-refractivity contribution in [2.75, 3.05) is 14.1 Å². The maximum absolute atomic E-state index is 13.5. The topological polar surface area (TPSA) is 205 Å². The lowest BCUT2D eigenvalue weighted by Gasteiger charge is -2.53. The molecule has 4 rings (SSSR count). The van der Waals surface area contributed by atoms with Crippen LogP contribution in [0.15, 0.2) is 34.8 Å². The minimum absolute atomic E-state index is 0.0721. The Balaban J connectivity index is 2.09. The molecular formula is C23H23N3O8. The lowest BCUT2D eigenvalue weighted by molar-refractivity contribution is -0.162. The summed E-state index contributed by atoms with van der Waals surface area (Å²) in [5, 5.41) is 64.9. The van der Waals surface area contributed by atoms with Crippen LogP contribution in [0.4, 0.5) is 0 Å². The second-order valence-electron chi connectivity index (χ2n) is 9.08. The summed E-state index contributed by atoms with van der Waals surface area (Å²) in [6.07, 6.45) is -1.70. The van der Waals surface area contributed by atoms with Gasteiger partial charge in [-0.15, -0.1) is 0 Å². The van der Waals surface area contributed by atoms with Crippen molar-refractivity contribution in [2.24, 2.45) is 17.6 Å². The van der Waals surface area contributed by atoms with E-state index in [1.807, 2.05) is 6.07 Å². The van der Waals surface area contributed by atoms with Crippen molar-refractivity contribution < 1.29 is 39.9 Å². The van der Waals surface area contributed by atoms with Gasteiger partial charge in [0.2, 0.25) is 5.78 Å². The zero-order valence-electron chi connectivity index (χ0n) is 18.5. The third kappa shape index (κ3) is 2.64. The number of aliphatic hydroxyl groups excluding tert-OH is 3. The summed E-state index contributed by atoms with van der Waals surface area (Å²) in [6, 6.07) is 3.06. The average molecular weight is 469 g/mol. The molecule has 0 fully saturated rings. The van der Waals surface area contributed by atoms with E-state index >= 15 is 0 Å². The molecule has 0 saturated heterocycles. The number of rotatable bonds is 2. The first-order valence-electron chi connectivity index (χ1n) is 10.4. The first-order chi connectivity index (χ1) is 15.8. The molecule has 0 aliphatic heterocycles. The highest BCUT2D eigenvalue weighted by Gasteiger charge is 2.67. The van der Waals surface area contributed by atoms with Crippen LogP contribution in [0.1, 0.15) is 34.3 Å². The lowest BCUT2D eigenvalue weighted by Crippen LogP contribution is -2.68. The Morgan fingerprint density at radius 1 is 1.21 bits per heavy atom. The molecule has 1 aromatic rings. The zero-order chi connectivity index (χ0) is 25.4. The third-order valence-electron chi connectivity index (χ3n) is 7.23. The molecule has 0 heterocycles. The minimum Gasteiger partial charge on any atom is -0.510 e. The second kappa shape index (κ2) is 7.39. The van der Waals surface area contributed by atoms with Crippen molar-refractivity contribution in [3.05, 3.63) is 51.5 Å². The van der Waals surface area contributed by atoms with E-state index in [9.17, 15) is 45.2 Å². The highest BCUT2D eigenvalue weighted by molar-refractivity contribution is 6.25. The molecule has 0 saturated carbocycles. The van der Waals surface area contributed by atoms with Crippen LogP contribution in [0.25, 0.3) is 0 Å². The Kier molecular flexibility index (Phi) is 5.10. The Hall–Kier alpha value is -3.72. The molecule has 34 heavy (non-hydrogen) atoms. The van der Waals surface area contributed by atoms with Crippen LogP contribution in [0.3, 0.4) is 0 Å². The predicted octanol–water partition coefficient (Wildman–Crippen LogP) is -0.476. The van der Waals surface area contributed by atoms with Gasteiger partial charge < -0.3 is 31.3 Å². The minimum atomic E-state index is -2.97. The molecule has 6 atom stereocenters. The molecule has 0 spiro atoms. The summed E-state index contributed by atoms with van der Waals surface area (Å²) < 4.78 is 0. The van der Waals surface area contributed by atoms with Crippen LogP contribution >= 0.6 is 0 Å². The first-order valence-corrected chi connectivity index (χ1v) is 10.4. The van der Waals surface area contributed by atoms with Crippen LogP contribution in [0.2, 0.25) is 0 Å². The largest absolute Gasteiger partial charge is 0.510 e. The summed E-state index contributed by atoms with van der Waals surface area (Å²) in [5.41, 5.74) is 0.758. The number of primary amides is 1. The number of nitriles is 1. The fourth-order valence-electron chi connectivity index (χ4n) is 5.80. The van der Waals surface area contributed by atoms with E-state index in [1.54, 1.807) is 6.92 Å². The van der Waals surface area contributed by atoms with E-state index in [4.69, 9.17) is 5.73 Å². The molecule has 1 amide bonds. The number of carbonyl (C=O) groups excluding carboxylic acids is 3. The maximum Gasteiger partial charge on any atom is 0.255 e. The summed E-state index contributed by atoms with van der Waals surface area (Å²) in [7, 11) is 2.91. The van der Waals surface area contributed by atoms with E-state index in [0.29, 0.717) is 0 Å². The van der Waals surface area contributed by atoms with Gasteiger partial charge >= 0.3 is 0 Å². The number of fused-ring (bicyclic) bond motifs is 3. The fraction of sp³-hybridized carbons (Fsp3) is 0.391. The molecule has 1 aromatic carbocycles. The Morgan fingerprint density at radius 2 is 1.82 bits per heavy atom. The number of hydrogen-bond donors (Lipinski definition) is 6. The number of amides is 1. The SMILES string of the molecule is CC1c2c(C#N)ccc(O)c2C(=O)C2=C(O)C3(O)C(=O)C(C(N)=O)=C(O)C(N(C)C)C3C(O)C21. The van der Waals surface area contributed by atoms with Crippen molar-refractivity contribution in [3.8, 4) is 11.8 Å². The monoisotopic (exact) mass is 469 g/mol. The normalized spacial score (nSPS) is 32.8. The molecule has 0 bridgehead atoms. The third-order valence-corrected chi connectivity index (χ3v) is 7.23. The van der Waals surface area contributed by atoms with Gasteiger partial charge in [0.05, 0.1) is 35.3 Å². The van der Waals surface area contributed by atoms with Gasteiger partial charge in [-0.3, -0.25) is 19.3 Å². The molecule has 0 radical (unpaired) electrons. The molecule has 11 heteroatoms. The number of phenolic OH excluding ortho intramolecular Hbond substituents is 1. The van der Waals surface area contributed by atoms with Gasteiger partial charge in [-0.2, -0.15) is 5.26 Å². The number of benzene rings is 1. The van der Waals surface area contributed by atoms with Crippen LogP contribution in [-0.4, -0.2) is 79.7 Å². The molecule has 6 unspecified atom stereocenters. The van der Waals surface area contributed by atoms with Gasteiger partial charge in [0.25, 0.3) is 5.91 Å². The molecule has 11 nitrogen and oxygen atoms in total. The molecule has 178 valence electrons. The fourth-order valence-corrected chi connectivity index (χ4v) is 5.80. The van der Waals surface area contributed by atoms with E-state index < -0.39 is 81.4 Å². The summed E-state index contributed by atoms with van der Waals surface area (Å²) in [5.74, 6) is -9.80. The lowest BCUT2D eigenvalue weighted by atomic mass is 9.55. The summed E-state index contributed by atoms with van der Waals surface area (Å²) in [6.45, 7) is 1.57. The van der Waals surface area contributed by atoms with Crippen molar-refractivity contribution in [1.82, 2.24) is 4.90 Å². The smallest absolute Gasteiger partial charge is 0.255 e. The molecule has 3 aliphatic carbocycles. The Labute approximate surface area is 193 Å². The van der Waals surface area contributed by atoms with E-state index in [0.717, 1.165) is 6.07 Å². The molecular weight excluding hydrogens is 446 g/mol. The molecule has 0 aromatic heterocycles. The number of ketones is 2. The Morgan fingerprint density at radius 3 is 2.35 bits per heavy atom. The van der Waals surface area contributed by atoms with E-state index in [1.165, 1.54) is 25.1 Å². The van der Waals surface area contributed by atoms with E-state index in [2.05, 4.69) is 0 Å². The van der Waals surface area contributed by atoms with Gasteiger partial charge in [0.15, 0.2) is 11.4 Å². The van der Waals surface area contributed by atoms with Crippen molar-refractivity contribution >= 4 is 17.5 Å². The molecule has 7 N–H and O–H groups in total. The van der Waals surface area contributed by atoms with Crippen LogP contribution in [0, 0.1) is 23.2 Å². The number of hydrogen-bond acceptors (Lipinski definition) is 10. The first kappa shape index (κ1) is 23.4. The molecule has 3 aliphatic rings. The van der Waals surface area contributed by atoms with Gasteiger partial charge in [-0.1, -0.05) is 6.92 Å². The highest BCUT2D eigenvalue weighted by Crippen LogP contribution is 2.55. The predicted molar refractivity (Wildman–Crippen MR) is 114 cm³/mol. The standard InChI is InChI=1S/C23H23N3O8/c1-7-10-8(6-24)4-5-9(27)12(10)17(28)13-11(7)18(29)15-16(26(2)3)19(30)14(22(25)33)21(32)23(15,34)20(13)31/h4-5,7,11,15-16,18,27,29-31,34H,1-3H3,(H2,25,33). The quantitative estimate of drug-likeness (QED) is 0.307.